The van der Waals surface area contributed by atoms with Crippen molar-refractivity contribution < 1.29 is 8.42 Å². The van der Waals surface area contributed by atoms with Crippen LogP contribution in [0, 0.1) is 0 Å². The summed E-state index contributed by atoms with van der Waals surface area (Å²) in [6.07, 6.45) is 0.788. The maximum Gasteiger partial charge on any atom is 0.243 e. The third-order valence-corrected chi connectivity index (χ3v) is 5.03. The van der Waals surface area contributed by atoms with Gasteiger partial charge >= 0.3 is 0 Å². The topological polar surface area (TPSA) is 63.4 Å². The lowest BCUT2D eigenvalue weighted by Crippen LogP contribution is -2.34. The van der Waals surface area contributed by atoms with Gasteiger partial charge in [-0.25, -0.2) is 8.42 Å². The maximum absolute atomic E-state index is 12.2. The first kappa shape index (κ1) is 14.2. The summed E-state index contributed by atoms with van der Waals surface area (Å²) in [5, 5.41) is 0. The van der Waals surface area contributed by atoms with E-state index in [0.717, 1.165) is 12.0 Å². The SMILES string of the molecule is CCC(C)N(C)S(=O)(=O)c1ccc(CN)cc1. The van der Waals surface area contributed by atoms with Crippen LogP contribution < -0.4 is 5.73 Å². The van der Waals surface area contributed by atoms with Gasteiger partial charge in [-0.15, -0.1) is 0 Å². The molecular formula is C12H20N2O2S. The van der Waals surface area contributed by atoms with Gasteiger partial charge in [-0.3, -0.25) is 0 Å². The molecule has 0 aliphatic rings. The predicted octanol–water partition coefficient (Wildman–Crippen LogP) is 1.56. The molecule has 2 N–H and O–H groups in total. The Labute approximate surface area is 103 Å². The number of sulfonamides is 1. The quantitative estimate of drug-likeness (QED) is 0.869. The van der Waals surface area contributed by atoms with E-state index >= 15 is 0 Å². The summed E-state index contributed by atoms with van der Waals surface area (Å²) in [4.78, 5) is 0.317. The van der Waals surface area contributed by atoms with Crippen LogP contribution >= 0.6 is 0 Å². The molecule has 1 unspecified atom stereocenters. The molecule has 1 rings (SSSR count). The fraction of sp³-hybridized carbons (Fsp3) is 0.500. The van der Waals surface area contributed by atoms with Gasteiger partial charge < -0.3 is 5.73 Å². The average Bonchev–Trinajstić information content (AvgIpc) is 2.36. The molecule has 96 valence electrons. The van der Waals surface area contributed by atoms with Gasteiger partial charge in [0.1, 0.15) is 0 Å². The van der Waals surface area contributed by atoms with E-state index < -0.39 is 10.0 Å². The molecule has 4 nitrogen and oxygen atoms in total. The fourth-order valence-corrected chi connectivity index (χ4v) is 2.89. The fourth-order valence-electron chi connectivity index (χ4n) is 1.46. The van der Waals surface area contributed by atoms with E-state index in [1.807, 2.05) is 13.8 Å². The lowest BCUT2D eigenvalue weighted by molar-refractivity contribution is 0.380. The van der Waals surface area contributed by atoms with Crippen molar-refractivity contribution in [3.8, 4) is 0 Å². The summed E-state index contributed by atoms with van der Waals surface area (Å²) < 4.78 is 25.9. The van der Waals surface area contributed by atoms with Gasteiger partial charge in [0.2, 0.25) is 10.0 Å². The maximum atomic E-state index is 12.2. The van der Waals surface area contributed by atoms with Gasteiger partial charge in [-0.05, 0) is 31.0 Å². The summed E-state index contributed by atoms with van der Waals surface area (Å²) in [6, 6.07) is 6.70. The smallest absolute Gasteiger partial charge is 0.243 e. The van der Waals surface area contributed by atoms with Crippen LogP contribution in [0.25, 0.3) is 0 Å². The molecule has 0 aliphatic carbocycles. The van der Waals surface area contributed by atoms with Crippen molar-refractivity contribution in [1.82, 2.24) is 4.31 Å². The van der Waals surface area contributed by atoms with E-state index in [1.165, 1.54) is 4.31 Å². The zero-order valence-corrected chi connectivity index (χ0v) is 11.4. The van der Waals surface area contributed by atoms with Crippen molar-refractivity contribution >= 4 is 10.0 Å². The summed E-state index contributed by atoms with van der Waals surface area (Å²) in [7, 11) is -1.77. The Balaban J connectivity index is 3.04. The lowest BCUT2D eigenvalue weighted by Gasteiger charge is -2.23. The van der Waals surface area contributed by atoms with Crippen LogP contribution in [0.5, 0.6) is 0 Å². The minimum Gasteiger partial charge on any atom is -0.326 e. The zero-order valence-electron chi connectivity index (χ0n) is 10.6. The molecular weight excluding hydrogens is 236 g/mol. The van der Waals surface area contributed by atoms with Crippen LogP contribution in [-0.4, -0.2) is 25.8 Å². The first-order valence-corrected chi connectivity index (χ1v) is 7.14. The van der Waals surface area contributed by atoms with Gasteiger partial charge in [0.05, 0.1) is 4.90 Å². The molecule has 0 bridgehead atoms. The molecule has 0 heterocycles. The Kier molecular flexibility index (Phi) is 4.68. The van der Waals surface area contributed by atoms with E-state index in [1.54, 1.807) is 31.3 Å². The third kappa shape index (κ3) is 3.06. The summed E-state index contributed by atoms with van der Waals surface area (Å²) in [5.41, 5.74) is 6.40. The van der Waals surface area contributed by atoms with Gasteiger partial charge in [0.25, 0.3) is 0 Å². The number of rotatable bonds is 5. The third-order valence-electron chi connectivity index (χ3n) is 3.05. The highest BCUT2D eigenvalue weighted by molar-refractivity contribution is 7.89. The Morgan fingerprint density at radius 2 is 1.82 bits per heavy atom. The summed E-state index contributed by atoms with van der Waals surface area (Å²) in [6.45, 7) is 4.28. The predicted molar refractivity (Wildman–Crippen MR) is 69.0 cm³/mol. The van der Waals surface area contributed by atoms with Crippen molar-refractivity contribution in [2.24, 2.45) is 5.73 Å². The van der Waals surface area contributed by atoms with Crippen LogP contribution in [0.4, 0.5) is 0 Å². The molecule has 0 aromatic heterocycles. The Bertz CT molecular complexity index is 454. The summed E-state index contributed by atoms with van der Waals surface area (Å²) in [5.74, 6) is 0. The molecule has 1 aromatic rings. The Morgan fingerprint density at radius 1 is 1.29 bits per heavy atom. The minimum atomic E-state index is -3.38. The molecule has 0 spiro atoms. The highest BCUT2D eigenvalue weighted by Crippen LogP contribution is 2.18. The van der Waals surface area contributed by atoms with Crippen molar-refractivity contribution in [3.63, 3.8) is 0 Å². The van der Waals surface area contributed by atoms with E-state index in [9.17, 15) is 8.42 Å². The second kappa shape index (κ2) is 5.62. The highest BCUT2D eigenvalue weighted by Gasteiger charge is 2.23. The van der Waals surface area contributed by atoms with Gasteiger partial charge in [-0.2, -0.15) is 4.31 Å². The molecule has 1 atom stereocenters. The molecule has 0 amide bonds. The van der Waals surface area contributed by atoms with Crippen LogP contribution in [-0.2, 0) is 16.6 Å². The second-order valence-corrected chi connectivity index (χ2v) is 6.12. The Morgan fingerprint density at radius 3 is 2.24 bits per heavy atom. The van der Waals surface area contributed by atoms with Crippen LogP contribution in [0.3, 0.4) is 0 Å². The number of nitrogens with zero attached hydrogens (tertiary/aromatic N) is 1. The minimum absolute atomic E-state index is 0.00538. The monoisotopic (exact) mass is 256 g/mol. The average molecular weight is 256 g/mol. The molecule has 0 saturated heterocycles. The van der Waals surface area contributed by atoms with Gasteiger partial charge in [0, 0.05) is 19.6 Å². The van der Waals surface area contributed by atoms with Crippen molar-refractivity contribution in [2.75, 3.05) is 7.05 Å². The van der Waals surface area contributed by atoms with Crippen molar-refractivity contribution in [3.05, 3.63) is 29.8 Å². The van der Waals surface area contributed by atoms with Crippen LogP contribution in [0.1, 0.15) is 25.8 Å². The second-order valence-electron chi connectivity index (χ2n) is 4.13. The molecule has 1 aromatic carbocycles. The lowest BCUT2D eigenvalue weighted by atomic mass is 10.2. The Hall–Kier alpha value is -0.910. The van der Waals surface area contributed by atoms with Crippen LogP contribution in [0.2, 0.25) is 0 Å². The molecule has 0 aliphatic heterocycles. The van der Waals surface area contributed by atoms with E-state index in [-0.39, 0.29) is 6.04 Å². The standard InChI is InChI=1S/C12H20N2O2S/c1-4-10(2)14(3)17(15,16)12-7-5-11(9-13)6-8-12/h5-8,10H,4,9,13H2,1-3H3. The summed E-state index contributed by atoms with van der Waals surface area (Å²) >= 11 is 0. The first-order valence-electron chi connectivity index (χ1n) is 5.70. The zero-order chi connectivity index (χ0) is 13.1. The number of benzene rings is 1. The van der Waals surface area contributed by atoms with E-state index in [4.69, 9.17) is 5.73 Å². The van der Waals surface area contributed by atoms with Gasteiger partial charge in [0.15, 0.2) is 0 Å². The molecule has 0 radical (unpaired) electrons. The van der Waals surface area contributed by atoms with Crippen molar-refractivity contribution in [2.45, 2.75) is 37.8 Å². The molecule has 0 fully saturated rings. The van der Waals surface area contributed by atoms with Crippen molar-refractivity contribution in [1.29, 1.82) is 0 Å². The van der Waals surface area contributed by atoms with E-state index in [0.29, 0.717) is 11.4 Å². The number of nitrogens with two attached hydrogens (primary N) is 1. The van der Waals surface area contributed by atoms with Gasteiger partial charge in [-0.1, -0.05) is 19.1 Å². The highest BCUT2D eigenvalue weighted by atomic mass is 32.2. The largest absolute Gasteiger partial charge is 0.326 e. The first-order chi connectivity index (χ1) is 7.93. The normalized spacial score (nSPS) is 13.9. The molecule has 0 saturated carbocycles. The van der Waals surface area contributed by atoms with Crippen LogP contribution in [0.15, 0.2) is 29.2 Å². The molecule has 5 heteroatoms. The molecule has 17 heavy (non-hydrogen) atoms. The number of hydrogen-bond donors (Lipinski definition) is 1. The number of hydrogen-bond acceptors (Lipinski definition) is 3. The van der Waals surface area contributed by atoms with E-state index in [2.05, 4.69) is 0 Å².